The topological polar surface area (TPSA) is 25.8 Å². The van der Waals surface area contributed by atoms with E-state index in [9.17, 15) is 0 Å². The minimum atomic E-state index is 0.948. The summed E-state index contributed by atoms with van der Waals surface area (Å²) in [7, 11) is 0. The third-order valence-corrected chi connectivity index (χ3v) is 2.18. The molecule has 0 bridgehead atoms. The molecule has 0 N–H and O–H groups in total. The molecule has 0 atom stereocenters. The minimum Gasteiger partial charge on any atom is -0.250 e. The van der Waals surface area contributed by atoms with Crippen LogP contribution in [0, 0.1) is 6.92 Å². The highest BCUT2D eigenvalue weighted by molar-refractivity contribution is 5.74. The van der Waals surface area contributed by atoms with Gasteiger partial charge in [0.25, 0.3) is 0 Å². The summed E-state index contributed by atoms with van der Waals surface area (Å²) in [6.07, 6.45) is 0.948. The van der Waals surface area contributed by atoms with E-state index in [1.807, 2.05) is 72.7 Å². The number of aryl methyl sites for hydroxylation is 2. The van der Waals surface area contributed by atoms with Crippen LogP contribution in [0.4, 0.5) is 0 Å². The molecule has 0 aliphatic rings. The van der Waals surface area contributed by atoms with E-state index in [1.165, 1.54) is 0 Å². The highest BCUT2D eigenvalue weighted by Crippen LogP contribution is 2.11. The maximum atomic E-state index is 4.53. The molecule has 0 aliphatic carbocycles. The summed E-state index contributed by atoms with van der Waals surface area (Å²) in [6, 6.07) is 7.98. The second-order valence-electron chi connectivity index (χ2n) is 3.10. The van der Waals surface area contributed by atoms with E-state index in [4.69, 9.17) is 0 Å². The van der Waals surface area contributed by atoms with Crippen molar-refractivity contribution in [2.24, 2.45) is 0 Å². The highest BCUT2D eigenvalue weighted by atomic mass is 14.8. The first kappa shape index (κ1) is 19.9. The van der Waals surface area contributed by atoms with E-state index in [-0.39, 0.29) is 0 Å². The lowest BCUT2D eigenvalue weighted by Gasteiger charge is -2.03. The molecule has 0 saturated heterocycles. The lowest BCUT2D eigenvalue weighted by atomic mass is 10.2. The second kappa shape index (κ2) is 13.0. The van der Waals surface area contributed by atoms with Crippen molar-refractivity contribution in [1.29, 1.82) is 0 Å². The Morgan fingerprint density at radius 3 is 1.63 bits per heavy atom. The Morgan fingerprint density at radius 1 is 0.789 bits per heavy atom. The number of rotatable bonds is 1. The van der Waals surface area contributed by atoms with Gasteiger partial charge in [0, 0.05) is 0 Å². The quantitative estimate of drug-likeness (QED) is 0.670. The van der Waals surface area contributed by atoms with Crippen molar-refractivity contribution >= 4 is 11.0 Å². The summed E-state index contributed by atoms with van der Waals surface area (Å²) in [6.45, 7) is 16.1. The van der Waals surface area contributed by atoms with Crippen molar-refractivity contribution < 1.29 is 0 Å². The summed E-state index contributed by atoms with van der Waals surface area (Å²) in [5.41, 5.74) is 4.11. The number of hydrogen-bond donors (Lipinski definition) is 0. The average Bonchev–Trinajstić information content (AvgIpc) is 2.52. The van der Waals surface area contributed by atoms with Crippen molar-refractivity contribution in [3.05, 3.63) is 35.7 Å². The smallest absolute Gasteiger partial charge is 0.0890 e. The van der Waals surface area contributed by atoms with Crippen LogP contribution in [-0.2, 0) is 6.42 Å². The summed E-state index contributed by atoms with van der Waals surface area (Å²) >= 11 is 0. The monoisotopic (exact) mass is 262 g/mol. The third-order valence-electron chi connectivity index (χ3n) is 2.18. The van der Waals surface area contributed by atoms with Crippen LogP contribution in [0.5, 0.6) is 0 Å². The molecule has 0 saturated carbocycles. The largest absolute Gasteiger partial charge is 0.250 e. The number of para-hydroxylation sites is 2. The fraction of sp³-hybridized carbons (Fsp3) is 0.529. The van der Waals surface area contributed by atoms with E-state index in [2.05, 4.69) is 16.9 Å². The van der Waals surface area contributed by atoms with Crippen molar-refractivity contribution in [3.8, 4) is 0 Å². The molecule has 0 fully saturated rings. The molecule has 0 unspecified atom stereocenters. The minimum absolute atomic E-state index is 0.948. The van der Waals surface area contributed by atoms with Gasteiger partial charge in [-0.15, -0.1) is 0 Å². The van der Waals surface area contributed by atoms with Crippen molar-refractivity contribution in [2.45, 2.75) is 61.8 Å². The first-order chi connectivity index (χ1) is 9.31. The molecule has 0 aliphatic heterocycles. The zero-order chi connectivity index (χ0) is 15.3. The second-order valence-corrected chi connectivity index (χ2v) is 3.10. The van der Waals surface area contributed by atoms with Crippen LogP contribution < -0.4 is 0 Å². The van der Waals surface area contributed by atoms with Gasteiger partial charge in [-0.2, -0.15) is 0 Å². The molecule has 19 heavy (non-hydrogen) atoms. The molecule has 2 aromatic rings. The Labute approximate surface area is 119 Å². The summed E-state index contributed by atoms with van der Waals surface area (Å²) in [5.74, 6) is 0. The van der Waals surface area contributed by atoms with Crippen LogP contribution >= 0.6 is 0 Å². The molecule has 0 spiro atoms. The Morgan fingerprint density at radius 2 is 1.21 bits per heavy atom. The van der Waals surface area contributed by atoms with Crippen LogP contribution in [0.3, 0.4) is 0 Å². The van der Waals surface area contributed by atoms with Crippen molar-refractivity contribution in [2.75, 3.05) is 0 Å². The SMILES string of the molecule is CC.CC.CC.CCc1nc2ccccc2nc1C. The lowest BCUT2D eigenvalue weighted by molar-refractivity contribution is 0.989. The van der Waals surface area contributed by atoms with Gasteiger partial charge in [-0.25, -0.2) is 9.97 Å². The zero-order valence-corrected chi connectivity index (χ0v) is 13.9. The van der Waals surface area contributed by atoms with E-state index < -0.39 is 0 Å². The Hall–Kier alpha value is -1.44. The number of aromatic nitrogens is 2. The maximum absolute atomic E-state index is 4.53. The summed E-state index contributed by atoms with van der Waals surface area (Å²) < 4.78 is 0. The molecule has 2 rings (SSSR count). The molecule has 2 nitrogen and oxygen atoms in total. The predicted molar refractivity (Wildman–Crippen MR) is 87.7 cm³/mol. The predicted octanol–water partition coefficient (Wildman–Crippen LogP) is 5.58. The van der Waals surface area contributed by atoms with Gasteiger partial charge in [0.1, 0.15) is 0 Å². The Kier molecular flexibility index (Phi) is 13.6. The average molecular weight is 262 g/mol. The van der Waals surface area contributed by atoms with Crippen LogP contribution in [-0.4, -0.2) is 9.97 Å². The third kappa shape index (κ3) is 6.32. The van der Waals surface area contributed by atoms with Crippen LogP contribution in [0.25, 0.3) is 11.0 Å². The summed E-state index contributed by atoms with van der Waals surface area (Å²) in [4.78, 5) is 9.01. The number of fused-ring (bicyclic) bond motifs is 1. The standard InChI is InChI=1S/C11H12N2.3C2H6/c1-3-9-8(2)12-10-6-4-5-7-11(10)13-9;3*1-2/h4-7H,3H2,1-2H3;3*1-2H3. The van der Waals surface area contributed by atoms with Gasteiger partial charge in [0.15, 0.2) is 0 Å². The molecule has 0 amide bonds. The van der Waals surface area contributed by atoms with E-state index in [0.717, 1.165) is 28.8 Å². The van der Waals surface area contributed by atoms with Gasteiger partial charge in [-0.1, -0.05) is 60.6 Å². The molecular weight excluding hydrogens is 232 g/mol. The fourth-order valence-electron chi connectivity index (χ4n) is 1.46. The zero-order valence-electron chi connectivity index (χ0n) is 13.9. The van der Waals surface area contributed by atoms with Crippen molar-refractivity contribution in [1.82, 2.24) is 9.97 Å². The van der Waals surface area contributed by atoms with E-state index in [1.54, 1.807) is 0 Å². The van der Waals surface area contributed by atoms with Crippen LogP contribution in [0.1, 0.15) is 59.9 Å². The molecule has 1 heterocycles. The Bertz CT molecular complexity index is 436. The first-order valence-electron chi connectivity index (χ1n) is 7.53. The van der Waals surface area contributed by atoms with Gasteiger partial charge in [-0.3, -0.25) is 0 Å². The van der Waals surface area contributed by atoms with Gasteiger partial charge in [-0.05, 0) is 25.5 Å². The molecular formula is C17H30N2. The first-order valence-corrected chi connectivity index (χ1v) is 7.53. The summed E-state index contributed by atoms with van der Waals surface area (Å²) in [5, 5.41) is 0. The van der Waals surface area contributed by atoms with Crippen LogP contribution in [0.2, 0.25) is 0 Å². The van der Waals surface area contributed by atoms with Crippen LogP contribution in [0.15, 0.2) is 24.3 Å². The number of hydrogen-bond acceptors (Lipinski definition) is 2. The normalized spacial score (nSPS) is 8.21. The fourth-order valence-corrected chi connectivity index (χ4v) is 1.46. The van der Waals surface area contributed by atoms with Gasteiger partial charge in [0.05, 0.1) is 22.4 Å². The van der Waals surface area contributed by atoms with E-state index >= 15 is 0 Å². The van der Waals surface area contributed by atoms with Gasteiger partial charge in [0.2, 0.25) is 0 Å². The number of benzene rings is 1. The molecule has 2 heteroatoms. The lowest BCUT2D eigenvalue weighted by Crippen LogP contribution is -1.96. The maximum Gasteiger partial charge on any atom is 0.0890 e. The molecule has 0 radical (unpaired) electrons. The van der Waals surface area contributed by atoms with Crippen molar-refractivity contribution in [3.63, 3.8) is 0 Å². The molecule has 1 aromatic carbocycles. The number of nitrogens with zero attached hydrogens (tertiary/aromatic N) is 2. The molecule has 108 valence electrons. The Balaban J connectivity index is 0. The van der Waals surface area contributed by atoms with E-state index in [0.29, 0.717) is 0 Å². The highest BCUT2D eigenvalue weighted by Gasteiger charge is 2.01. The molecule has 1 aromatic heterocycles. The van der Waals surface area contributed by atoms with Gasteiger partial charge >= 0.3 is 0 Å². The van der Waals surface area contributed by atoms with Gasteiger partial charge < -0.3 is 0 Å².